The maximum atomic E-state index is 12.5. The standard InChI is InChI=1S/C21H32N2O2.ClH/c1-15(14-25-17-7-5-16(6-8-17)20(2,3)4)23-19(24)18-13-21(18)9-11-22-12-10-21;/h5-8,15,18,22H,9-14H2,1-4H3,(H,23,24);1H. The van der Waals surface area contributed by atoms with E-state index in [1.54, 1.807) is 0 Å². The number of carbonyl (C=O) groups excluding carboxylic acids is 1. The van der Waals surface area contributed by atoms with Crippen LogP contribution >= 0.6 is 12.4 Å². The molecule has 1 aliphatic carbocycles. The molecule has 3 rings (SSSR count). The van der Waals surface area contributed by atoms with E-state index in [9.17, 15) is 4.79 Å². The number of carbonyl (C=O) groups is 1. The highest BCUT2D eigenvalue weighted by Gasteiger charge is 2.57. The Morgan fingerprint density at radius 3 is 2.46 bits per heavy atom. The summed E-state index contributed by atoms with van der Waals surface area (Å²) in [4.78, 5) is 12.5. The van der Waals surface area contributed by atoms with Gasteiger partial charge < -0.3 is 15.4 Å². The van der Waals surface area contributed by atoms with E-state index < -0.39 is 0 Å². The van der Waals surface area contributed by atoms with Gasteiger partial charge in [0.2, 0.25) is 5.91 Å². The number of hydrogen-bond donors (Lipinski definition) is 2. The molecule has 2 unspecified atom stereocenters. The monoisotopic (exact) mass is 380 g/mol. The fraction of sp³-hybridized carbons (Fsp3) is 0.667. The van der Waals surface area contributed by atoms with Crippen molar-refractivity contribution < 1.29 is 9.53 Å². The second-order valence-corrected chi connectivity index (χ2v) is 8.86. The van der Waals surface area contributed by atoms with Crippen molar-refractivity contribution >= 4 is 18.3 Å². The fourth-order valence-electron chi connectivity index (χ4n) is 3.85. The predicted octanol–water partition coefficient (Wildman–Crippen LogP) is 3.68. The Hall–Kier alpha value is -1.26. The number of ether oxygens (including phenoxy) is 1. The smallest absolute Gasteiger partial charge is 0.224 e. The van der Waals surface area contributed by atoms with Gasteiger partial charge >= 0.3 is 0 Å². The summed E-state index contributed by atoms with van der Waals surface area (Å²) in [7, 11) is 0. The summed E-state index contributed by atoms with van der Waals surface area (Å²) >= 11 is 0. The predicted molar refractivity (Wildman–Crippen MR) is 108 cm³/mol. The Labute approximate surface area is 163 Å². The molecule has 1 aliphatic heterocycles. The largest absolute Gasteiger partial charge is 0.491 e. The number of amides is 1. The molecule has 1 aromatic rings. The van der Waals surface area contributed by atoms with Crippen LogP contribution in [-0.2, 0) is 10.2 Å². The molecule has 0 aromatic heterocycles. The minimum atomic E-state index is 0. The summed E-state index contributed by atoms with van der Waals surface area (Å²) in [6.07, 6.45) is 3.33. The lowest BCUT2D eigenvalue weighted by Crippen LogP contribution is -2.40. The summed E-state index contributed by atoms with van der Waals surface area (Å²) < 4.78 is 5.85. The lowest BCUT2D eigenvalue weighted by Gasteiger charge is -2.24. The Morgan fingerprint density at radius 2 is 1.88 bits per heavy atom. The lowest BCUT2D eigenvalue weighted by molar-refractivity contribution is -0.124. The molecular formula is C21H33ClN2O2. The highest BCUT2D eigenvalue weighted by atomic mass is 35.5. The summed E-state index contributed by atoms with van der Waals surface area (Å²) in [6, 6.07) is 8.28. The van der Waals surface area contributed by atoms with Crippen molar-refractivity contribution in [3.63, 3.8) is 0 Å². The third kappa shape index (κ3) is 4.92. The van der Waals surface area contributed by atoms with Crippen molar-refractivity contribution in [2.24, 2.45) is 11.3 Å². The van der Waals surface area contributed by atoms with Crippen molar-refractivity contribution in [3.8, 4) is 5.75 Å². The first-order valence-corrected chi connectivity index (χ1v) is 9.55. The SMILES string of the molecule is CC(COc1ccc(C(C)(C)C)cc1)NC(=O)C1CC12CCNCC2.Cl. The average molecular weight is 381 g/mol. The van der Waals surface area contributed by atoms with Gasteiger partial charge in [-0.25, -0.2) is 0 Å². The van der Waals surface area contributed by atoms with Crippen molar-refractivity contribution in [2.75, 3.05) is 19.7 Å². The minimum absolute atomic E-state index is 0. The molecule has 1 amide bonds. The van der Waals surface area contributed by atoms with E-state index >= 15 is 0 Å². The normalized spacial score (nSPS) is 22.2. The van der Waals surface area contributed by atoms with E-state index in [1.165, 1.54) is 5.56 Å². The molecule has 5 heteroatoms. The van der Waals surface area contributed by atoms with Gasteiger partial charge in [-0.3, -0.25) is 4.79 Å². The van der Waals surface area contributed by atoms with Gasteiger partial charge in [0.05, 0.1) is 6.04 Å². The van der Waals surface area contributed by atoms with Crippen LogP contribution in [0.3, 0.4) is 0 Å². The van der Waals surface area contributed by atoms with Crippen LogP contribution in [0.4, 0.5) is 0 Å². The Balaban J connectivity index is 0.00000243. The summed E-state index contributed by atoms with van der Waals surface area (Å²) in [5.41, 5.74) is 1.73. The van der Waals surface area contributed by atoms with Crippen molar-refractivity contribution in [1.82, 2.24) is 10.6 Å². The number of benzene rings is 1. The topological polar surface area (TPSA) is 50.4 Å². The number of hydrogen-bond acceptors (Lipinski definition) is 3. The molecule has 1 aromatic carbocycles. The molecule has 1 spiro atoms. The Bertz CT molecular complexity index is 603. The summed E-state index contributed by atoms with van der Waals surface area (Å²) in [5.74, 6) is 1.28. The first kappa shape index (κ1) is 21.0. The second-order valence-electron chi connectivity index (χ2n) is 8.86. The van der Waals surface area contributed by atoms with Crippen molar-refractivity contribution in [2.45, 2.75) is 58.4 Å². The molecule has 2 N–H and O–H groups in total. The van der Waals surface area contributed by atoms with Gasteiger partial charge in [0.25, 0.3) is 0 Å². The first-order chi connectivity index (χ1) is 11.8. The molecular weight excluding hydrogens is 348 g/mol. The van der Waals surface area contributed by atoms with E-state index in [4.69, 9.17) is 4.74 Å². The lowest BCUT2D eigenvalue weighted by atomic mass is 9.87. The van der Waals surface area contributed by atoms with Gasteiger partial charge in [-0.05, 0) is 67.8 Å². The molecule has 0 bridgehead atoms. The van der Waals surface area contributed by atoms with Gasteiger partial charge in [-0.15, -0.1) is 12.4 Å². The maximum Gasteiger partial charge on any atom is 0.224 e. The van der Waals surface area contributed by atoms with Gasteiger partial charge in [0.15, 0.2) is 0 Å². The van der Waals surface area contributed by atoms with Crippen LogP contribution in [0.1, 0.15) is 52.5 Å². The highest BCUT2D eigenvalue weighted by molar-refractivity contribution is 5.85. The zero-order valence-electron chi connectivity index (χ0n) is 16.4. The Kier molecular flexibility index (Phi) is 6.62. The van der Waals surface area contributed by atoms with Crippen LogP contribution in [0.25, 0.3) is 0 Å². The summed E-state index contributed by atoms with van der Waals surface area (Å²) in [6.45, 7) is 11.2. The molecule has 0 radical (unpaired) electrons. The molecule has 146 valence electrons. The van der Waals surface area contributed by atoms with E-state index in [2.05, 4.69) is 43.5 Å². The van der Waals surface area contributed by atoms with E-state index in [-0.39, 0.29) is 35.7 Å². The fourth-order valence-corrected chi connectivity index (χ4v) is 3.85. The summed E-state index contributed by atoms with van der Waals surface area (Å²) in [5, 5.41) is 6.52. The van der Waals surface area contributed by atoms with Gasteiger partial charge in [0.1, 0.15) is 12.4 Å². The van der Waals surface area contributed by atoms with E-state index in [0.29, 0.717) is 12.0 Å². The van der Waals surface area contributed by atoms with Crippen LogP contribution in [0, 0.1) is 11.3 Å². The van der Waals surface area contributed by atoms with E-state index in [0.717, 1.165) is 38.1 Å². The van der Waals surface area contributed by atoms with Crippen LogP contribution in [0.5, 0.6) is 5.75 Å². The molecule has 2 aliphatic rings. The first-order valence-electron chi connectivity index (χ1n) is 9.55. The third-order valence-corrected chi connectivity index (χ3v) is 5.71. The zero-order chi connectivity index (χ0) is 18.1. The molecule has 4 nitrogen and oxygen atoms in total. The van der Waals surface area contributed by atoms with Crippen LogP contribution in [0.15, 0.2) is 24.3 Å². The van der Waals surface area contributed by atoms with Gasteiger partial charge in [-0.1, -0.05) is 32.9 Å². The zero-order valence-corrected chi connectivity index (χ0v) is 17.2. The number of rotatable bonds is 5. The maximum absolute atomic E-state index is 12.5. The average Bonchev–Trinajstić information content (AvgIpc) is 3.26. The van der Waals surface area contributed by atoms with Crippen LogP contribution in [0.2, 0.25) is 0 Å². The molecule has 26 heavy (non-hydrogen) atoms. The van der Waals surface area contributed by atoms with Gasteiger partial charge in [-0.2, -0.15) is 0 Å². The molecule has 1 saturated carbocycles. The van der Waals surface area contributed by atoms with Crippen molar-refractivity contribution in [3.05, 3.63) is 29.8 Å². The van der Waals surface area contributed by atoms with Crippen LogP contribution < -0.4 is 15.4 Å². The quantitative estimate of drug-likeness (QED) is 0.819. The minimum Gasteiger partial charge on any atom is -0.491 e. The molecule has 2 atom stereocenters. The number of nitrogens with one attached hydrogen (secondary N) is 2. The molecule has 2 fully saturated rings. The highest BCUT2D eigenvalue weighted by Crippen LogP contribution is 2.58. The second kappa shape index (κ2) is 8.18. The third-order valence-electron chi connectivity index (χ3n) is 5.71. The van der Waals surface area contributed by atoms with Crippen LogP contribution in [-0.4, -0.2) is 31.6 Å². The van der Waals surface area contributed by atoms with Gasteiger partial charge in [0, 0.05) is 5.92 Å². The number of halogens is 1. The molecule has 1 heterocycles. The molecule has 1 saturated heterocycles. The van der Waals surface area contributed by atoms with E-state index in [1.807, 2.05) is 19.1 Å². The Morgan fingerprint density at radius 1 is 1.27 bits per heavy atom. The van der Waals surface area contributed by atoms with Crippen molar-refractivity contribution in [1.29, 1.82) is 0 Å². The number of piperidine rings is 1.